The van der Waals surface area contributed by atoms with Crippen LogP contribution in [0.25, 0.3) is 0 Å². The molecule has 16 heavy (non-hydrogen) atoms. The molecule has 1 aromatic rings. The Morgan fingerprint density at radius 2 is 2.31 bits per heavy atom. The van der Waals surface area contributed by atoms with Gasteiger partial charge in [0, 0.05) is 18.4 Å². The van der Waals surface area contributed by atoms with Gasteiger partial charge < -0.3 is 9.47 Å². The molecule has 0 aromatic heterocycles. The van der Waals surface area contributed by atoms with E-state index in [4.69, 9.17) is 9.47 Å². The molecule has 1 saturated heterocycles. The zero-order valence-electron chi connectivity index (χ0n) is 9.77. The maximum Gasteiger partial charge on any atom is 0.0928 e. The van der Waals surface area contributed by atoms with Gasteiger partial charge in [-0.2, -0.15) is 0 Å². The van der Waals surface area contributed by atoms with Gasteiger partial charge >= 0.3 is 0 Å². The lowest BCUT2D eigenvalue weighted by Gasteiger charge is -2.38. The first-order chi connectivity index (χ1) is 7.64. The minimum Gasteiger partial charge on any atom is -0.381 e. The zero-order valence-corrected chi connectivity index (χ0v) is 10.7. The Bertz CT molecular complexity index is 367. The molecule has 0 N–H and O–H groups in total. The van der Waals surface area contributed by atoms with Crippen molar-refractivity contribution in [2.24, 2.45) is 0 Å². The van der Waals surface area contributed by atoms with Crippen LogP contribution in [0.15, 0.2) is 29.2 Å². The second-order valence-corrected chi connectivity index (χ2v) is 5.00. The Morgan fingerprint density at radius 1 is 1.50 bits per heavy atom. The summed E-state index contributed by atoms with van der Waals surface area (Å²) >= 11 is 4.37. The second kappa shape index (κ2) is 4.78. The summed E-state index contributed by atoms with van der Waals surface area (Å²) in [5.41, 5.74) is 0.944. The zero-order chi connectivity index (χ0) is 11.6. The molecule has 88 valence electrons. The molecule has 0 radical (unpaired) electrons. The average Bonchev–Trinajstić information content (AvgIpc) is 2.29. The predicted octanol–water partition coefficient (Wildman–Crippen LogP) is 3.02. The molecular weight excluding hydrogens is 220 g/mol. The molecule has 2 rings (SSSR count). The van der Waals surface area contributed by atoms with Crippen molar-refractivity contribution in [3.8, 4) is 0 Å². The van der Waals surface area contributed by atoms with E-state index in [1.165, 1.54) is 5.56 Å². The Labute approximate surface area is 102 Å². The van der Waals surface area contributed by atoms with Crippen molar-refractivity contribution in [3.63, 3.8) is 0 Å². The highest BCUT2D eigenvalue weighted by Gasteiger charge is 2.34. The van der Waals surface area contributed by atoms with Crippen molar-refractivity contribution < 1.29 is 9.47 Å². The lowest BCUT2D eigenvalue weighted by atomic mass is 9.87. The van der Waals surface area contributed by atoms with Crippen LogP contribution in [-0.2, 0) is 15.1 Å². The fourth-order valence-corrected chi connectivity index (χ4v) is 2.47. The molecule has 2 atom stereocenters. The Balaban J connectivity index is 2.23. The summed E-state index contributed by atoms with van der Waals surface area (Å²) < 4.78 is 11.4. The van der Waals surface area contributed by atoms with Crippen LogP contribution in [0.1, 0.15) is 25.3 Å². The lowest BCUT2D eigenvalue weighted by molar-refractivity contribution is -0.121. The standard InChI is InChI=1S/C13H18O2S/c1-13(9-11(14-2)6-7-15-13)10-4-3-5-12(16)8-10/h3-5,8,11,16H,6-7,9H2,1-2H3. The topological polar surface area (TPSA) is 18.5 Å². The fraction of sp³-hybridized carbons (Fsp3) is 0.538. The van der Waals surface area contributed by atoms with Crippen LogP contribution in [0, 0.1) is 0 Å². The normalized spacial score (nSPS) is 30.3. The Hall–Kier alpha value is -0.510. The number of thiol groups is 1. The van der Waals surface area contributed by atoms with Gasteiger partial charge in [0.25, 0.3) is 0 Å². The summed E-state index contributed by atoms with van der Waals surface area (Å²) in [6.07, 6.45) is 2.18. The largest absolute Gasteiger partial charge is 0.381 e. The van der Waals surface area contributed by atoms with Crippen LogP contribution in [0.3, 0.4) is 0 Å². The predicted molar refractivity (Wildman–Crippen MR) is 67.0 cm³/mol. The number of hydrogen-bond donors (Lipinski definition) is 1. The highest BCUT2D eigenvalue weighted by Crippen LogP contribution is 2.36. The number of hydrogen-bond acceptors (Lipinski definition) is 3. The van der Waals surface area contributed by atoms with Crippen molar-refractivity contribution in [3.05, 3.63) is 29.8 Å². The quantitative estimate of drug-likeness (QED) is 0.798. The molecular formula is C13H18O2S. The average molecular weight is 238 g/mol. The SMILES string of the molecule is COC1CCOC(C)(c2cccc(S)c2)C1. The van der Waals surface area contributed by atoms with Crippen molar-refractivity contribution >= 4 is 12.6 Å². The summed E-state index contributed by atoms with van der Waals surface area (Å²) in [4.78, 5) is 0.974. The summed E-state index contributed by atoms with van der Waals surface area (Å²) in [6, 6.07) is 8.16. The van der Waals surface area contributed by atoms with Crippen molar-refractivity contribution in [2.75, 3.05) is 13.7 Å². The van der Waals surface area contributed by atoms with Gasteiger partial charge in [-0.25, -0.2) is 0 Å². The second-order valence-electron chi connectivity index (χ2n) is 4.48. The van der Waals surface area contributed by atoms with Gasteiger partial charge in [-0.05, 0) is 31.0 Å². The van der Waals surface area contributed by atoms with E-state index in [0.29, 0.717) is 6.10 Å². The van der Waals surface area contributed by atoms with Gasteiger partial charge in [0.15, 0.2) is 0 Å². The first-order valence-electron chi connectivity index (χ1n) is 5.60. The molecule has 1 fully saturated rings. The maximum atomic E-state index is 5.92. The third kappa shape index (κ3) is 2.42. The maximum absolute atomic E-state index is 5.92. The lowest BCUT2D eigenvalue weighted by Crippen LogP contribution is -2.37. The number of rotatable bonds is 2. The molecule has 0 aliphatic carbocycles. The van der Waals surface area contributed by atoms with Crippen molar-refractivity contribution in [1.29, 1.82) is 0 Å². The molecule has 2 unspecified atom stereocenters. The van der Waals surface area contributed by atoms with E-state index < -0.39 is 0 Å². The van der Waals surface area contributed by atoms with E-state index in [1.807, 2.05) is 12.1 Å². The number of benzene rings is 1. The van der Waals surface area contributed by atoms with Crippen molar-refractivity contribution in [1.82, 2.24) is 0 Å². The summed E-state index contributed by atoms with van der Waals surface area (Å²) in [5.74, 6) is 0. The van der Waals surface area contributed by atoms with Gasteiger partial charge in [0.1, 0.15) is 0 Å². The summed E-state index contributed by atoms with van der Waals surface area (Å²) in [6.45, 7) is 2.88. The minimum absolute atomic E-state index is 0.238. The van der Waals surface area contributed by atoms with E-state index in [1.54, 1.807) is 7.11 Å². The van der Waals surface area contributed by atoms with E-state index in [-0.39, 0.29) is 5.60 Å². The van der Waals surface area contributed by atoms with Crippen LogP contribution in [-0.4, -0.2) is 19.8 Å². The third-order valence-electron chi connectivity index (χ3n) is 3.27. The molecule has 3 heteroatoms. The van der Waals surface area contributed by atoms with Gasteiger partial charge in [0.2, 0.25) is 0 Å². The van der Waals surface area contributed by atoms with Crippen molar-refractivity contribution in [2.45, 2.75) is 36.4 Å². The minimum atomic E-state index is -0.238. The molecule has 0 amide bonds. The fourth-order valence-electron chi connectivity index (χ4n) is 2.25. The molecule has 1 aliphatic rings. The monoisotopic (exact) mass is 238 g/mol. The van der Waals surface area contributed by atoms with Gasteiger partial charge in [0.05, 0.1) is 18.3 Å². The van der Waals surface area contributed by atoms with Crippen LogP contribution < -0.4 is 0 Å². The smallest absolute Gasteiger partial charge is 0.0928 e. The molecule has 0 saturated carbocycles. The highest BCUT2D eigenvalue weighted by atomic mass is 32.1. The van der Waals surface area contributed by atoms with Crippen LogP contribution >= 0.6 is 12.6 Å². The molecule has 1 aromatic carbocycles. The summed E-state index contributed by atoms with van der Waals surface area (Å²) in [7, 11) is 1.77. The first kappa shape index (κ1) is 12.0. The highest BCUT2D eigenvalue weighted by molar-refractivity contribution is 7.80. The molecule has 2 nitrogen and oxygen atoms in total. The number of ether oxygens (including phenoxy) is 2. The van der Waals surface area contributed by atoms with E-state index in [0.717, 1.165) is 24.3 Å². The molecule has 0 bridgehead atoms. The van der Waals surface area contributed by atoms with Crippen LogP contribution in [0.4, 0.5) is 0 Å². The van der Waals surface area contributed by atoms with E-state index in [2.05, 4.69) is 31.7 Å². The first-order valence-corrected chi connectivity index (χ1v) is 6.05. The molecule has 1 heterocycles. The van der Waals surface area contributed by atoms with Gasteiger partial charge in [-0.15, -0.1) is 12.6 Å². The summed E-state index contributed by atoms with van der Waals surface area (Å²) in [5, 5.41) is 0. The Morgan fingerprint density at radius 3 is 3.00 bits per heavy atom. The van der Waals surface area contributed by atoms with Gasteiger partial charge in [-0.1, -0.05) is 12.1 Å². The number of methoxy groups -OCH3 is 1. The van der Waals surface area contributed by atoms with E-state index >= 15 is 0 Å². The third-order valence-corrected chi connectivity index (χ3v) is 3.55. The van der Waals surface area contributed by atoms with Crippen LogP contribution in [0.2, 0.25) is 0 Å². The molecule has 1 aliphatic heterocycles. The Kier molecular flexibility index (Phi) is 3.57. The molecule has 0 spiro atoms. The van der Waals surface area contributed by atoms with Gasteiger partial charge in [-0.3, -0.25) is 0 Å². The van der Waals surface area contributed by atoms with E-state index in [9.17, 15) is 0 Å². The van der Waals surface area contributed by atoms with Crippen LogP contribution in [0.5, 0.6) is 0 Å².